The van der Waals surface area contributed by atoms with E-state index in [1.54, 1.807) is 0 Å². The molecule has 1 rings (SSSR count). The summed E-state index contributed by atoms with van der Waals surface area (Å²) in [6.07, 6.45) is 0.924. The van der Waals surface area contributed by atoms with Crippen LogP contribution in [0.3, 0.4) is 0 Å². The van der Waals surface area contributed by atoms with Crippen LogP contribution in [0.15, 0.2) is 0 Å². The lowest BCUT2D eigenvalue weighted by Crippen LogP contribution is -2.56. The van der Waals surface area contributed by atoms with E-state index < -0.39 is 0 Å². The topological polar surface area (TPSA) is 61.6 Å². The number of urea groups is 1. The Kier molecular flexibility index (Phi) is 5.81. The molecule has 1 saturated heterocycles. The Morgan fingerprint density at radius 2 is 1.89 bits per heavy atom. The van der Waals surface area contributed by atoms with Gasteiger partial charge in [0.15, 0.2) is 0 Å². The lowest BCUT2D eigenvalue weighted by molar-refractivity contribution is 0.125. The molecule has 1 aliphatic heterocycles. The number of carbonyl (C=O) groups excluding carboxylic acids is 1. The molecule has 0 spiro atoms. The third-order valence-electron chi connectivity index (χ3n) is 3.17. The first-order valence-corrected chi connectivity index (χ1v) is 6.95. The predicted octanol–water partition coefficient (Wildman–Crippen LogP) is 0.787. The molecule has 2 amide bonds. The van der Waals surface area contributed by atoms with Gasteiger partial charge in [-0.15, -0.1) is 0 Å². The first-order chi connectivity index (χ1) is 8.45. The maximum absolute atomic E-state index is 11.8. The Hall–Kier alpha value is -0.880. The highest BCUT2D eigenvalue weighted by Crippen LogP contribution is 2.10. The van der Waals surface area contributed by atoms with Crippen LogP contribution in [0, 0.1) is 0 Å². The number of piperazine rings is 1. The van der Waals surface area contributed by atoms with E-state index in [2.05, 4.69) is 17.1 Å². The molecule has 104 valence electrons. The van der Waals surface area contributed by atoms with E-state index >= 15 is 0 Å². The zero-order valence-electron chi connectivity index (χ0n) is 11.5. The molecule has 18 heavy (non-hydrogen) atoms. The molecule has 0 bridgehead atoms. The number of hydrogen-bond donors (Lipinski definition) is 2. The molecule has 1 unspecified atom stereocenters. The van der Waals surface area contributed by atoms with E-state index in [9.17, 15) is 4.79 Å². The molecule has 0 radical (unpaired) electrons. The van der Waals surface area contributed by atoms with Crippen molar-refractivity contribution in [2.24, 2.45) is 5.73 Å². The molecule has 6 heteroatoms. The fraction of sp³-hybridized carbons (Fsp3) is 0.833. The molecule has 0 aromatic carbocycles. The maximum Gasteiger partial charge on any atom is 0.317 e. The normalized spacial score (nSPS) is 18.8. The summed E-state index contributed by atoms with van der Waals surface area (Å²) in [6.45, 7) is 9.15. The van der Waals surface area contributed by atoms with Gasteiger partial charge < -0.3 is 16.0 Å². The Labute approximate surface area is 115 Å². The summed E-state index contributed by atoms with van der Waals surface area (Å²) in [5.74, 6) is 0. The average Bonchev–Trinajstić information content (AvgIpc) is 2.29. The number of nitrogens with one attached hydrogen (secondary N) is 1. The van der Waals surface area contributed by atoms with E-state index in [1.807, 2.05) is 18.7 Å². The number of nitrogens with two attached hydrogens (primary N) is 1. The van der Waals surface area contributed by atoms with Crippen molar-refractivity contribution in [3.05, 3.63) is 0 Å². The minimum absolute atomic E-state index is 0.0213. The summed E-state index contributed by atoms with van der Waals surface area (Å²) in [6, 6.07) is 0.360. The SMILES string of the molecule is CCC(C(N)=S)N1CCN(C(=O)NC(C)C)CC1. The molecule has 1 aliphatic rings. The Morgan fingerprint density at radius 1 is 1.33 bits per heavy atom. The minimum Gasteiger partial charge on any atom is -0.392 e. The van der Waals surface area contributed by atoms with Crippen LogP contribution in [0.1, 0.15) is 27.2 Å². The van der Waals surface area contributed by atoms with Gasteiger partial charge in [0.2, 0.25) is 0 Å². The molecule has 0 aliphatic carbocycles. The summed E-state index contributed by atoms with van der Waals surface area (Å²) in [5.41, 5.74) is 5.74. The van der Waals surface area contributed by atoms with Crippen LogP contribution in [-0.2, 0) is 0 Å². The van der Waals surface area contributed by atoms with Crippen LogP contribution in [0.5, 0.6) is 0 Å². The third kappa shape index (κ3) is 4.10. The highest BCUT2D eigenvalue weighted by Gasteiger charge is 2.26. The van der Waals surface area contributed by atoms with Crippen molar-refractivity contribution in [2.75, 3.05) is 26.2 Å². The van der Waals surface area contributed by atoms with Crippen LogP contribution in [0.25, 0.3) is 0 Å². The van der Waals surface area contributed by atoms with Crippen molar-refractivity contribution in [3.63, 3.8) is 0 Å². The molecule has 3 N–H and O–H groups in total. The van der Waals surface area contributed by atoms with Crippen LogP contribution in [0.2, 0.25) is 0 Å². The Bertz CT molecular complexity index is 300. The zero-order chi connectivity index (χ0) is 13.7. The van der Waals surface area contributed by atoms with E-state index in [-0.39, 0.29) is 18.1 Å². The lowest BCUT2D eigenvalue weighted by Gasteiger charge is -2.38. The van der Waals surface area contributed by atoms with Crippen molar-refractivity contribution >= 4 is 23.2 Å². The van der Waals surface area contributed by atoms with Crippen molar-refractivity contribution in [1.82, 2.24) is 15.1 Å². The summed E-state index contributed by atoms with van der Waals surface area (Å²) >= 11 is 5.08. The molecular weight excluding hydrogens is 248 g/mol. The van der Waals surface area contributed by atoms with Crippen molar-refractivity contribution < 1.29 is 4.79 Å². The van der Waals surface area contributed by atoms with E-state index in [1.165, 1.54) is 0 Å². The second-order valence-electron chi connectivity index (χ2n) is 4.95. The quantitative estimate of drug-likeness (QED) is 0.743. The van der Waals surface area contributed by atoms with E-state index in [0.29, 0.717) is 4.99 Å². The van der Waals surface area contributed by atoms with Crippen LogP contribution >= 0.6 is 12.2 Å². The standard InChI is InChI=1S/C12H24N4OS/c1-4-10(11(13)18)15-5-7-16(8-6-15)12(17)14-9(2)3/h9-10H,4-8H2,1-3H3,(H2,13,18)(H,14,17). The van der Waals surface area contributed by atoms with Gasteiger partial charge in [-0.05, 0) is 20.3 Å². The van der Waals surface area contributed by atoms with Gasteiger partial charge >= 0.3 is 6.03 Å². The highest BCUT2D eigenvalue weighted by atomic mass is 32.1. The summed E-state index contributed by atoms with van der Waals surface area (Å²) in [4.78, 5) is 16.5. The van der Waals surface area contributed by atoms with Gasteiger partial charge in [-0.3, -0.25) is 4.90 Å². The molecule has 0 aromatic rings. The van der Waals surface area contributed by atoms with Crippen molar-refractivity contribution in [3.8, 4) is 0 Å². The number of rotatable bonds is 4. The molecular formula is C12H24N4OS. The summed E-state index contributed by atoms with van der Waals surface area (Å²) < 4.78 is 0. The monoisotopic (exact) mass is 272 g/mol. The number of thiocarbonyl (C=S) groups is 1. The largest absolute Gasteiger partial charge is 0.392 e. The van der Waals surface area contributed by atoms with Gasteiger partial charge in [0.1, 0.15) is 0 Å². The van der Waals surface area contributed by atoms with Gasteiger partial charge in [-0.25, -0.2) is 4.79 Å². The number of carbonyl (C=O) groups is 1. The molecule has 1 heterocycles. The second kappa shape index (κ2) is 6.89. The minimum atomic E-state index is 0.0213. The molecule has 0 saturated carbocycles. The number of hydrogen-bond acceptors (Lipinski definition) is 3. The van der Waals surface area contributed by atoms with Gasteiger partial charge in [-0.2, -0.15) is 0 Å². The smallest absolute Gasteiger partial charge is 0.317 e. The molecule has 1 fully saturated rings. The summed E-state index contributed by atoms with van der Waals surface area (Å²) in [7, 11) is 0. The number of nitrogens with zero attached hydrogens (tertiary/aromatic N) is 2. The number of amides is 2. The average molecular weight is 272 g/mol. The van der Waals surface area contributed by atoms with Crippen molar-refractivity contribution in [1.29, 1.82) is 0 Å². The third-order valence-corrected chi connectivity index (χ3v) is 3.44. The van der Waals surface area contributed by atoms with E-state index in [4.69, 9.17) is 18.0 Å². The van der Waals surface area contributed by atoms with Gasteiger partial charge in [0, 0.05) is 32.2 Å². The first-order valence-electron chi connectivity index (χ1n) is 6.54. The fourth-order valence-corrected chi connectivity index (χ4v) is 2.53. The van der Waals surface area contributed by atoms with Crippen LogP contribution in [-0.4, -0.2) is 59.1 Å². The lowest BCUT2D eigenvalue weighted by atomic mass is 10.1. The fourth-order valence-electron chi connectivity index (χ4n) is 2.21. The first kappa shape index (κ1) is 15.2. The molecule has 0 aromatic heterocycles. The van der Waals surface area contributed by atoms with Gasteiger partial charge in [0.25, 0.3) is 0 Å². The van der Waals surface area contributed by atoms with E-state index in [0.717, 1.165) is 32.6 Å². The summed E-state index contributed by atoms with van der Waals surface area (Å²) in [5, 5.41) is 2.91. The van der Waals surface area contributed by atoms with Crippen molar-refractivity contribution in [2.45, 2.75) is 39.3 Å². The van der Waals surface area contributed by atoms with Crippen LogP contribution < -0.4 is 11.1 Å². The zero-order valence-corrected chi connectivity index (χ0v) is 12.3. The predicted molar refractivity (Wildman–Crippen MR) is 77.7 cm³/mol. The molecule has 1 atom stereocenters. The molecule has 5 nitrogen and oxygen atoms in total. The Morgan fingerprint density at radius 3 is 2.28 bits per heavy atom. The van der Waals surface area contributed by atoms with Gasteiger partial charge in [-0.1, -0.05) is 19.1 Å². The second-order valence-corrected chi connectivity index (χ2v) is 5.43. The van der Waals surface area contributed by atoms with Gasteiger partial charge in [0.05, 0.1) is 11.0 Å². The Balaban J connectivity index is 2.45. The maximum atomic E-state index is 11.8. The van der Waals surface area contributed by atoms with Crippen LogP contribution in [0.4, 0.5) is 4.79 Å². The highest BCUT2D eigenvalue weighted by molar-refractivity contribution is 7.80.